The van der Waals surface area contributed by atoms with Crippen molar-refractivity contribution in [1.82, 2.24) is 0 Å². The molecule has 1 aromatic rings. The van der Waals surface area contributed by atoms with Crippen LogP contribution in [0.15, 0.2) is 23.1 Å². The van der Waals surface area contributed by atoms with Crippen molar-refractivity contribution in [3.63, 3.8) is 0 Å². The van der Waals surface area contributed by atoms with Gasteiger partial charge in [-0.15, -0.1) is 11.8 Å². The zero-order chi connectivity index (χ0) is 12.3. The Balaban J connectivity index is 3.33. The van der Waals surface area contributed by atoms with Crippen LogP contribution in [0, 0.1) is 0 Å². The van der Waals surface area contributed by atoms with Gasteiger partial charge in [-0.25, -0.2) is 0 Å². The lowest BCUT2D eigenvalue weighted by molar-refractivity contribution is -0.138. The number of carbonyl (C=O) groups is 1. The first-order chi connectivity index (χ1) is 7.40. The van der Waals surface area contributed by atoms with Crippen molar-refractivity contribution in [3.8, 4) is 0 Å². The van der Waals surface area contributed by atoms with E-state index in [0.29, 0.717) is 4.90 Å². The Kier molecular flexibility index (Phi) is 4.43. The van der Waals surface area contributed by atoms with Crippen LogP contribution in [0.3, 0.4) is 0 Å². The summed E-state index contributed by atoms with van der Waals surface area (Å²) in [6.45, 7) is 0. The standard InChI is InChI=1S/C10H8BrF3OS/c1-16-6-2-3-7(9(15)5-11)8(4-6)10(12,13)14/h2-4H,5H2,1H3. The summed E-state index contributed by atoms with van der Waals surface area (Å²) in [5.41, 5.74) is -1.16. The summed E-state index contributed by atoms with van der Waals surface area (Å²) in [4.78, 5) is 11.8. The number of Topliss-reactive ketones (excluding diaryl/α,β-unsaturated/α-hetero) is 1. The fourth-order valence-electron chi connectivity index (χ4n) is 1.20. The molecule has 0 aromatic heterocycles. The molecule has 1 aromatic carbocycles. The number of ketones is 1. The van der Waals surface area contributed by atoms with Crippen LogP contribution in [0.2, 0.25) is 0 Å². The summed E-state index contributed by atoms with van der Waals surface area (Å²) in [7, 11) is 0. The van der Waals surface area contributed by atoms with Crippen molar-refractivity contribution < 1.29 is 18.0 Å². The second-order valence-corrected chi connectivity index (χ2v) is 4.41. The van der Waals surface area contributed by atoms with E-state index in [-0.39, 0.29) is 10.9 Å². The molecule has 6 heteroatoms. The van der Waals surface area contributed by atoms with Crippen molar-refractivity contribution >= 4 is 33.5 Å². The quantitative estimate of drug-likeness (QED) is 0.476. The molecule has 0 aliphatic carbocycles. The molecule has 0 saturated carbocycles. The van der Waals surface area contributed by atoms with Gasteiger partial charge in [-0.2, -0.15) is 13.2 Å². The smallest absolute Gasteiger partial charge is 0.293 e. The van der Waals surface area contributed by atoms with Crippen molar-refractivity contribution in [2.75, 3.05) is 11.6 Å². The van der Waals surface area contributed by atoms with Gasteiger partial charge in [-0.1, -0.05) is 15.9 Å². The summed E-state index contributed by atoms with van der Waals surface area (Å²) in [5, 5.41) is -0.116. The highest BCUT2D eigenvalue weighted by molar-refractivity contribution is 9.09. The van der Waals surface area contributed by atoms with Gasteiger partial charge in [0.15, 0.2) is 5.78 Å². The highest BCUT2D eigenvalue weighted by atomic mass is 79.9. The SMILES string of the molecule is CSc1ccc(C(=O)CBr)c(C(F)(F)F)c1. The number of hydrogen-bond donors (Lipinski definition) is 0. The predicted octanol–water partition coefficient (Wildman–Crippen LogP) is 4.00. The Morgan fingerprint density at radius 1 is 1.44 bits per heavy atom. The molecule has 0 N–H and O–H groups in total. The minimum atomic E-state index is -4.50. The molecule has 0 radical (unpaired) electrons. The van der Waals surface area contributed by atoms with E-state index in [2.05, 4.69) is 15.9 Å². The fourth-order valence-corrected chi connectivity index (χ4v) is 1.94. The molecule has 88 valence electrons. The average molecular weight is 313 g/mol. The maximum Gasteiger partial charge on any atom is 0.417 e. The lowest BCUT2D eigenvalue weighted by atomic mass is 10.0. The minimum absolute atomic E-state index is 0.116. The Hall–Kier alpha value is -0.490. The zero-order valence-electron chi connectivity index (χ0n) is 8.27. The van der Waals surface area contributed by atoms with E-state index in [1.807, 2.05) is 0 Å². The van der Waals surface area contributed by atoms with E-state index >= 15 is 0 Å². The third-order valence-electron chi connectivity index (χ3n) is 1.95. The maximum absolute atomic E-state index is 12.7. The van der Waals surface area contributed by atoms with Crippen LogP contribution < -0.4 is 0 Å². The normalized spacial score (nSPS) is 11.6. The molecule has 0 amide bonds. The second-order valence-electron chi connectivity index (χ2n) is 2.97. The largest absolute Gasteiger partial charge is 0.417 e. The van der Waals surface area contributed by atoms with Gasteiger partial charge in [-0.05, 0) is 24.5 Å². The number of carbonyl (C=O) groups excluding carboxylic acids is 1. The van der Waals surface area contributed by atoms with E-state index in [1.165, 1.54) is 23.9 Å². The van der Waals surface area contributed by atoms with E-state index in [0.717, 1.165) is 6.07 Å². The summed E-state index contributed by atoms with van der Waals surface area (Å²) < 4.78 is 38.1. The minimum Gasteiger partial charge on any atom is -0.293 e. The average Bonchev–Trinajstić information content (AvgIpc) is 2.26. The second kappa shape index (κ2) is 5.23. The Labute approximate surface area is 104 Å². The summed E-state index contributed by atoms with van der Waals surface area (Å²) in [6, 6.07) is 3.73. The third-order valence-corrected chi connectivity index (χ3v) is 3.19. The van der Waals surface area contributed by atoms with E-state index in [1.54, 1.807) is 6.26 Å². The number of rotatable bonds is 3. The summed E-state index contributed by atoms with van der Waals surface area (Å²) >= 11 is 4.07. The maximum atomic E-state index is 12.7. The molecule has 0 aliphatic rings. The van der Waals surface area contributed by atoms with Gasteiger partial charge < -0.3 is 0 Å². The van der Waals surface area contributed by atoms with Crippen LogP contribution in [0.1, 0.15) is 15.9 Å². The molecule has 1 nitrogen and oxygen atoms in total. The van der Waals surface area contributed by atoms with Crippen molar-refractivity contribution in [2.45, 2.75) is 11.1 Å². The predicted molar refractivity (Wildman–Crippen MR) is 61.3 cm³/mol. The van der Waals surface area contributed by atoms with Gasteiger partial charge in [0, 0.05) is 10.5 Å². The van der Waals surface area contributed by atoms with Crippen LogP contribution in [0.25, 0.3) is 0 Å². The number of benzene rings is 1. The van der Waals surface area contributed by atoms with Crippen molar-refractivity contribution in [3.05, 3.63) is 29.3 Å². The van der Waals surface area contributed by atoms with Gasteiger partial charge >= 0.3 is 6.18 Å². The number of hydrogen-bond acceptors (Lipinski definition) is 2. The molecule has 0 spiro atoms. The van der Waals surface area contributed by atoms with Gasteiger partial charge in [0.05, 0.1) is 10.9 Å². The van der Waals surface area contributed by atoms with E-state index in [4.69, 9.17) is 0 Å². The molecular weight excluding hydrogens is 305 g/mol. The Bertz CT molecular complexity index is 404. The molecule has 0 aliphatic heterocycles. The highest BCUT2D eigenvalue weighted by Gasteiger charge is 2.35. The Morgan fingerprint density at radius 3 is 2.50 bits per heavy atom. The first kappa shape index (κ1) is 13.6. The number of alkyl halides is 4. The molecule has 0 saturated heterocycles. The van der Waals surface area contributed by atoms with Crippen LogP contribution in [0.5, 0.6) is 0 Å². The topological polar surface area (TPSA) is 17.1 Å². The molecule has 0 bridgehead atoms. The number of thioether (sulfide) groups is 1. The molecule has 16 heavy (non-hydrogen) atoms. The zero-order valence-corrected chi connectivity index (χ0v) is 10.7. The summed E-state index contributed by atoms with van der Waals surface area (Å²) in [5.74, 6) is -0.569. The first-order valence-electron chi connectivity index (χ1n) is 4.24. The van der Waals surface area contributed by atoms with Crippen molar-refractivity contribution in [1.29, 1.82) is 0 Å². The summed E-state index contributed by atoms with van der Waals surface area (Å²) in [6.07, 6.45) is -2.82. The highest BCUT2D eigenvalue weighted by Crippen LogP contribution is 2.34. The van der Waals surface area contributed by atoms with Crippen LogP contribution >= 0.6 is 27.7 Å². The van der Waals surface area contributed by atoms with Crippen molar-refractivity contribution in [2.24, 2.45) is 0 Å². The molecule has 0 unspecified atom stereocenters. The van der Waals surface area contributed by atoms with Crippen LogP contribution in [-0.4, -0.2) is 17.4 Å². The lowest BCUT2D eigenvalue weighted by Gasteiger charge is -2.12. The molecule has 0 atom stereocenters. The Morgan fingerprint density at radius 2 is 2.06 bits per heavy atom. The monoisotopic (exact) mass is 312 g/mol. The van der Waals surface area contributed by atoms with Gasteiger partial charge in [0.25, 0.3) is 0 Å². The van der Waals surface area contributed by atoms with E-state index < -0.39 is 17.5 Å². The number of halogens is 4. The van der Waals surface area contributed by atoms with Crippen LogP contribution in [0.4, 0.5) is 13.2 Å². The molecule has 0 fully saturated rings. The molecular formula is C10H8BrF3OS. The lowest BCUT2D eigenvalue weighted by Crippen LogP contribution is -2.13. The van der Waals surface area contributed by atoms with Gasteiger partial charge in [-0.3, -0.25) is 4.79 Å². The molecule has 0 heterocycles. The molecule has 1 rings (SSSR count). The third kappa shape index (κ3) is 3.01. The van der Waals surface area contributed by atoms with Crippen LogP contribution in [-0.2, 0) is 6.18 Å². The first-order valence-corrected chi connectivity index (χ1v) is 6.59. The van der Waals surface area contributed by atoms with Gasteiger partial charge in [0.2, 0.25) is 0 Å². The fraction of sp³-hybridized carbons (Fsp3) is 0.300. The van der Waals surface area contributed by atoms with Gasteiger partial charge in [0.1, 0.15) is 0 Å². The van der Waals surface area contributed by atoms with E-state index in [9.17, 15) is 18.0 Å².